The fourth-order valence-corrected chi connectivity index (χ4v) is 4.45. The van der Waals surface area contributed by atoms with Crippen LogP contribution in [0.15, 0.2) is 35.6 Å². The molecule has 1 saturated carbocycles. The summed E-state index contributed by atoms with van der Waals surface area (Å²) in [5.74, 6) is 0.725. The maximum atomic E-state index is 13.3. The van der Waals surface area contributed by atoms with Crippen LogP contribution in [0.5, 0.6) is 5.75 Å². The van der Waals surface area contributed by atoms with Crippen LogP contribution in [0, 0.1) is 5.92 Å². The summed E-state index contributed by atoms with van der Waals surface area (Å²) in [7, 11) is 3.22. The fraction of sp³-hybridized carbons (Fsp3) is 0.524. The van der Waals surface area contributed by atoms with E-state index in [-0.39, 0.29) is 29.5 Å². The lowest BCUT2D eigenvalue weighted by Crippen LogP contribution is -2.39. The maximum Gasteiger partial charge on any atom is 0.290 e. The highest BCUT2D eigenvalue weighted by molar-refractivity contribution is 6.11. The van der Waals surface area contributed by atoms with E-state index in [1.54, 1.807) is 19.1 Å². The van der Waals surface area contributed by atoms with E-state index in [4.69, 9.17) is 14.2 Å². The number of carbonyl (C=O) groups is 2. The predicted octanol–water partition coefficient (Wildman–Crippen LogP) is 2.64. The standard InChI is InChI=1S/C21H25NO5/c1-25-12-11-22-18(13-7-9-14(26-2)10-8-13)17-19(23)15-5-3-4-6-16(15)27-20(17)21(22)24/h7-10,15-16,18H,3-6,11-12H2,1-2H3. The number of carbonyl (C=O) groups excluding carboxylic acids is 2. The average molecular weight is 371 g/mol. The van der Waals surface area contributed by atoms with Gasteiger partial charge in [-0.1, -0.05) is 18.6 Å². The molecular weight excluding hydrogens is 346 g/mol. The first kappa shape index (κ1) is 18.0. The Hall–Kier alpha value is -2.34. The number of nitrogens with zero attached hydrogens (tertiary/aromatic N) is 1. The molecule has 144 valence electrons. The molecule has 1 aliphatic carbocycles. The smallest absolute Gasteiger partial charge is 0.290 e. The molecule has 3 aliphatic rings. The number of amides is 1. The molecule has 1 amide bonds. The van der Waals surface area contributed by atoms with Crippen LogP contribution in [0.1, 0.15) is 37.3 Å². The van der Waals surface area contributed by atoms with Crippen LogP contribution < -0.4 is 4.74 Å². The SMILES string of the molecule is COCCN1C(=O)C2=C(C(=O)C3CCCCC3O2)C1c1ccc(OC)cc1. The zero-order valence-electron chi connectivity index (χ0n) is 15.8. The molecule has 4 rings (SSSR count). The quantitative estimate of drug-likeness (QED) is 0.796. The van der Waals surface area contributed by atoms with Crippen LogP contribution in [0.25, 0.3) is 0 Å². The molecule has 0 N–H and O–H groups in total. The molecule has 1 aromatic carbocycles. The first-order valence-corrected chi connectivity index (χ1v) is 9.54. The first-order valence-electron chi connectivity index (χ1n) is 9.54. The molecule has 0 aromatic heterocycles. The molecule has 27 heavy (non-hydrogen) atoms. The minimum Gasteiger partial charge on any atom is -0.497 e. The number of ketones is 1. The Balaban J connectivity index is 1.75. The van der Waals surface area contributed by atoms with Gasteiger partial charge in [0.05, 0.1) is 31.2 Å². The van der Waals surface area contributed by atoms with Crippen molar-refractivity contribution in [3.8, 4) is 5.75 Å². The van der Waals surface area contributed by atoms with Gasteiger partial charge in [0.1, 0.15) is 11.9 Å². The van der Waals surface area contributed by atoms with E-state index >= 15 is 0 Å². The molecule has 1 fully saturated rings. The monoisotopic (exact) mass is 371 g/mol. The molecule has 1 aromatic rings. The van der Waals surface area contributed by atoms with Gasteiger partial charge in [-0.15, -0.1) is 0 Å². The van der Waals surface area contributed by atoms with Crippen molar-refractivity contribution in [3.05, 3.63) is 41.2 Å². The lowest BCUT2D eigenvalue weighted by atomic mass is 9.77. The third-order valence-corrected chi connectivity index (χ3v) is 5.83. The third kappa shape index (κ3) is 3.02. The summed E-state index contributed by atoms with van der Waals surface area (Å²) in [5.41, 5.74) is 1.40. The largest absolute Gasteiger partial charge is 0.497 e. The molecule has 0 spiro atoms. The highest BCUT2D eigenvalue weighted by Crippen LogP contribution is 2.46. The predicted molar refractivity (Wildman–Crippen MR) is 98.2 cm³/mol. The molecule has 0 saturated heterocycles. The van der Waals surface area contributed by atoms with Crippen molar-refractivity contribution in [1.82, 2.24) is 4.90 Å². The van der Waals surface area contributed by atoms with Crippen molar-refractivity contribution < 1.29 is 23.8 Å². The molecule has 6 nitrogen and oxygen atoms in total. The Kier molecular flexibility index (Phi) is 4.91. The molecule has 2 heterocycles. The molecule has 3 atom stereocenters. The van der Waals surface area contributed by atoms with Gasteiger partial charge in [-0.25, -0.2) is 0 Å². The van der Waals surface area contributed by atoms with E-state index in [0.717, 1.165) is 37.0 Å². The third-order valence-electron chi connectivity index (χ3n) is 5.83. The van der Waals surface area contributed by atoms with E-state index in [2.05, 4.69) is 0 Å². The normalized spacial score (nSPS) is 27.3. The number of hydrogen-bond acceptors (Lipinski definition) is 5. The van der Waals surface area contributed by atoms with Crippen molar-refractivity contribution in [2.75, 3.05) is 27.4 Å². The topological polar surface area (TPSA) is 65.1 Å². The lowest BCUT2D eigenvalue weighted by molar-refractivity contribution is -0.135. The number of fused-ring (bicyclic) bond motifs is 1. The fourth-order valence-electron chi connectivity index (χ4n) is 4.45. The van der Waals surface area contributed by atoms with Crippen molar-refractivity contribution in [1.29, 1.82) is 0 Å². The van der Waals surface area contributed by atoms with Gasteiger partial charge in [-0.2, -0.15) is 0 Å². The number of methoxy groups -OCH3 is 2. The van der Waals surface area contributed by atoms with Crippen molar-refractivity contribution in [2.45, 2.75) is 37.8 Å². The Bertz CT molecular complexity index is 769. The Morgan fingerprint density at radius 3 is 2.56 bits per heavy atom. The molecule has 0 radical (unpaired) electrons. The van der Waals surface area contributed by atoms with Gasteiger partial charge < -0.3 is 19.1 Å². The van der Waals surface area contributed by atoms with E-state index in [1.165, 1.54) is 0 Å². The summed E-state index contributed by atoms with van der Waals surface area (Å²) in [4.78, 5) is 28.1. The number of benzene rings is 1. The lowest BCUT2D eigenvalue weighted by Gasteiger charge is -2.35. The number of Topliss-reactive ketones (excluding diaryl/α,β-unsaturated/α-hetero) is 1. The van der Waals surface area contributed by atoms with E-state index in [9.17, 15) is 9.59 Å². The molecule has 0 bridgehead atoms. The van der Waals surface area contributed by atoms with Gasteiger partial charge in [-0.05, 0) is 37.0 Å². The van der Waals surface area contributed by atoms with Gasteiger partial charge in [0.2, 0.25) is 0 Å². The minimum atomic E-state index is -0.427. The maximum absolute atomic E-state index is 13.3. The highest BCUT2D eigenvalue weighted by Gasteiger charge is 2.51. The van der Waals surface area contributed by atoms with Crippen molar-refractivity contribution in [3.63, 3.8) is 0 Å². The summed E-state index contributed by atoms with van der Waals surface area (Å²) in [5, 5.41) is 0. The molecule has 3 unspecified atom stereocenters. The summed E-state index contributed by atoms with van der Waals surface area (Å²) in [6.45, 7) is 0.811. The van der Waals surface area contributed by atoms with Crippen molar-refractivity contribution in [2.24, 2.45) is 5.92 Å². The summed E-state index contributed by atoms with van der Waals surface area (Å²) >= 11 is 0. The van der Waals surface area contributed by atoms with Crippen LogP contribution >= 0.6 is 0 Å². The summed E-state index contributed by atoms with van der Waals surface area (Å²) in [6.07, 6.45) is 3.59. The van der Waals surface area contributed by atoms with Gasteiger partial charge in [0.25, 0.3) is 5.91 Å². The zero-order chi connectivity index (χ0) is 19.0. The second-order valence-electron chi connectivity index (χ2n) is 7.32. The van der Waals surface area contributed by atoms with Crippen LogP contribution in [0.2, 0.25) is 0 Å². The summed E-state index contributed by atoms with van der Waals surface area (Å²) < 4.78 is 16.5. The number of hydrogen-bond donors (Lipinski definition) is 0. The van der Waals surface area contributed by atoms with E-state index in [0.29, 0.717) is 18.7 Å². The second-order valence-corrected chi connectivity index (χ2v) is 7.32. The van der Waals surface area contributed by atoms with Crippen LogP contribution in [-0.2, 0) is 19.1 Å². The minimum absolute atomic E-state index is 0.0787. The van der Waals surface area contributed by atoms with Crippen LogP contribution in [0.4, 0.5) is 0 Å². The van der Waals surface area contributed by atoms with Crippen LogP contribution in [-0.4, -0.2) is 50.1 Å². The Morgan fingerprint density at radius 1 is 1.11 bits per heavy atom. The van der Waals surface area contributed by atoms with Crippen LogP contribution in [0.3, 0.4) is 0 Å². The van der Waals surface area contributed by atoms with Gasteiger partial charge >= 0.3 is 0 Å². The number of rotatable bonds is 5. The zero-order valence-corrected chi connectivity index (χ0v) is 15.8. The molecule has 2 aliphatic heterocycles. The molecule has 6 heteroatoms. The first-order chi connectivity index (χ1) is 13.2. The van der Waals surface area contributed by atoms with Gasteiger partial charge in [0, 0.05) is 13.7 Å². The second kappa shape index (κ2) is 7.35. The van der Waals surface area contributed by atoms with Gasteiger partial charge in [0.15, 0.2) is 11.5 Å². The summed E-state index contributed by atoms with van der Waals surface area (Å²) in [6, 6.07) is 7.10. The average Bonchev–Trinajstić information content (AvgIpc) is 2.99. The number of ether oxygens (including phenoxy) is 3. The highest BCUT2D eigenvalue weighted by atomic mass is 16.5. The van der Waals surface area contributed by atoms with Crippen molar-refractivity contribution >= 4 is 11.7 Å². The van der Waals surface area contributed by atoms with Gasteiger partial charge in [-0.3, -0.25) is 9.59 Å². The molecular formula is C21H25NO5. The Labute approximate surface area is 159 Å². The van der Waals surface area contributed by atoms with E-state index < -0.39 is 6.04 Å². The Morgan fingerprint density at radius 2 is 1.85 bits per heavy atom. The van der Waals surface area contributed by atoms with E-state index in [1.807, 2.05) is 24.3 Å².